The van der Waals surface area contributed by atoms with Crippen LogP contribution in [0.2, 0.25) is 0 Å². The zero-order chi connectivity index (χ0) is 22.8. The number of ether oxygens (including phenoxy) is 2. The molecule has 9 heteroatoms. The third kappa shape index (κ3) is 4.16. The second-order valence-electron chi connectivity index (χ2n) is 10.3. The van der Waals surface area contributed by atoms with Gasteiger partial charge in [-0.2, -0.15) is 0 Å². The summed E-state index contributed by atoms with van der Waals surface area (Å²) in [5.41, 5.74) is 2.42. The van der Waals surface area contributed by atoms with Crippen molar-refractivity contribution in [2.45, 2.75) is 88.2 Å². The fraction of sp³-hybridized carbons (Fsp3) is 0.708. The molecule has 3 fully saturated rings. The van der Waals surface area contributed by atoms with E-state index >= 15 is 0 Å². The Morgan fingerprint density at radius 3 is 2.61 bits per heavy atom. The average molecular weight is 470 g/mol. The van der Waals surface area contributed by atoms with Crippen molar-refractivity contribution in [1.82, 2.24) is 0 Å². The van der Waals surface area contributed by atoms with Crippen LogP contribution in [0.4, 0.5) is 0 Å². The van der Waals surface area contributed by atoms with Gasteiger partial charge in [0.15, 0.2) is 6.29 Å². The Balaban J connectivity index is 0.00000259. The first-order chi connectivity index (χ1) is 15.2. The molecule has 10 atom stereocenters. The summed E-state index contributed by atoms with van der Waals surface area (Å²) in [6, 6.07) is 5.71. The van der Waals surface area contributed by atoms with Crippen LogP contribution in [0.3, 0.4) is 0 Å². The molecule has 5 rings (SSSR count). The molecule has 0 amide bonds. The van der Waals surface area contributed by atoms with E-state index in [4.69, 9.17) is 9.47 Å². The zero-order valence-corrected chi connectivity index (χ0v) is 21.1. The Morgan fingerprint density at radius 1 is 1.12 bits per heavy atom. The van der Waals surface area contributed by atoms with E-state index in [0.29, 0.717) is 23.5 Å². The molecule has 33 heavy (non-hydrogen) atoms. The second kappa shape index (κ2) is 9.39. The van der Waals surface area contributed by atoms with Crippen LogP contribution in [0.15, 0.2) is 18.2 Å². The van der Waals surface area contributed by atoms with Gasteiger partial charge < -0.3 is 39.8 Å². The average Bonchev–Trinajstić information content (AvgIpc) is 3.09. The molecular weight excluding hydrogens is 439 g/mol. The summed E-state index contributed by atoms with van der Waals surface area (Å²) in [6.07, 6.45) is -2.75. The molecule has 1 aromatic rings. The Kier molecular flexibility index (Phi) is 7.22. The normalized spacial score (nSPS) is 44.2. The number of aliphatic hydroxyl groups excluding tert-OH is 3. The van der Waals surface area contributed by atoms with Gasteiger partial charge in [-0.1, -0.05) is 13.0 Å². The summed E-state index contributed by atoms with van der Waals surface area (Å²) in [4.78, 5) is 11.3. The van der Waals surface area contributed by atoms with Crippen molar-refractivity contribution in [2.75, 3.05) is 0 Å². The van der Waals surface area contributed by atoms with Crippen molar-refractivity contribution in [3.05, 3.63) is 29.3 Å². The van der Waals surface area contributed by atoms with Crippen LogP contribution in [0, 0.1) is 17.3 Å². The van der Waals surface area contributed by atoms with Crippen molar-refractivity contribution in [3.63, 3.8) is 0 Å². The SMILES string of the molecule is C[C@]12CCC3c4ccc(O)cc4CCC3C1CC[C@@H]2OC1O[C@H](C(=O)[O-])[C@@H](O)[C@H](O)[C@H]1O.[Na+]. The van der Waals surface area contributed by atoms with Crippen molar-refractivity contribution >= 4 is 5.97 Å². The van der Waals surface area contributed by atoms with Crippen molar-refractivity contribution in [2.24, 2.45) is 17.3 Å². The quantitative estimate of drug-likeness (QED) is 0.348. The standard InChI is InChI=1S/C24H32O8.Na/c1-24-9-8-14-13-5-3-12(25)10-11(13)2-4-15(14)16(24)6-7-17(24)31-23-20(28)18(26)19(27)21(32-23)22(29)30;/h3,5,10,14-21,23,25-28H,2,4,6-9H2,1H3,(H,29,30);/q;+1/p-1/t14?,15?,16?,17-,18-,19-,20+,21-,23?,24-;/m0./s1. The minimum atomic E-state index is -1.78. The van der Waals surface area contributed by atoms with Crippen LogP contribution >= 0.6 is 0 Å². The fourth-order valence-corrected chi connectivity index (χ4v) is 7.06. The van der Waals surface area contributed by atoms with E-state index in [-0.39, 0.29) is 41.1 Å². The summed E-state index contributed by atoms with van der Waals surface area (Å²) in [5, 5.41) is 51.5. The molecule has 4 N–H and O–H groups in total. The van der Waals surface area contributed by atoms with Gasteiger partial charge in [0, 0.05) is 0 Å². The number of aryl methyl sites for hydroxylation is 1. The monoisotopic (exact) mass is 470 g/mol. The van der Waals surface area contributed by atoms with Crippen LogP contribution < -0.4 is 34.7 Å². The van der Waals surface area contributed by atoms with Gasteiger partial charge in [0.2, 0.25) is 0 Å². The number of phenolic OH excluding ortho intramolecular Hbond substituents is 1. The van der Waals surface area contributed by atoms with Crippen LogP contribution in [-0.2, 0) is 20.7 Å². The van der Waals surface area contributed by atoms with E-state index in [2.05, 4.69) is 13.0 Å². The number of aromatic hydroxyl groups is 1. The topological polar surface area (TPSA) is 140 Å². The Morgan fingerprint density at radius 2 is 1.88 bits per heavy atom. The molecule has 8 nitrogen and oxygen atoms in total. The molecule has 2 saturated carbocycles. The maximum absolute atomic E-state index is 11.3. The van der Waals surface area contributed by atoms with Gasteiger partial charge in [0.05, 0.1) is 12.1 Å². The number of carbonyl (C=O) groups excluding carboxylic acids is 1. The molecule has 4 unspecified atom stereocenters. The van der Waals surface area contributed by atoms with E-state index in [1.54, 1.807) is 6.07 Å². The Labute approximate surface area is 215 Å². The molecule has 0 bridgehead atoms. The first-order valence-corrected chi connectivity index (χ1v) is 11.6. The van der Waals surface area contributed by atoms with Crippen molar-refractivity contribution < 1.29 is 69.4 Å². The predicted molar refractivity (Wildman–Crippen MR) is 109 cm³/mol. The number of phenols is 1. The second-order valence-corrected chi connectivity index (χ2v) is 10.3. The van der Waals surface area contributed by atoms with Gasteiger partial charge in [-0.15, -0.1) is 0 Å². The van der Waals surface area contributed by atoms with E-state index < -0.39 is 36.7 Å². The van der Waals surface area contributed by atoms with Gasteiger partial charge in [-0.25, -0.2) is 0 Å². The van der Waals surface area contributed by atoms with Crippen molar-refractivity contribution in [3.8, 4) is 5.75 Å². The van der Waals surface area contributed by atoms with Crippen LogP contribution in [0.5, 0.6) is 5.75 Å². The van der Waals surface area contributed by atoms with Gasteiger partial charge in [0.1, 0.15) is 30.2 Å². The number of carboxylic acids is 1. The molecule has 1 aromatic carbocycles. The number of aliphatic hydroxyl groups is 3. The molecule has 176 valence electrons. The Bertz CT molecular complexity index is 895. The molecule has 0 radical (unpaired) electrons. The van der Waals surface area contributed by atoms with E-state index in [1.165, 1.54) is 11.1 Å². The van der Waals surface area contributed by atoms with Gasteiger partial charge in [-0.05, 0) is 85.0 Å². The maximum atomic E-state index is 11.3. The number of hydrogen-bond donors (Lipinski definition) is 4. The van der Waals surface area contributed by atoms with Crippen molar-refractivity contribution in [1.29, 1.82) is 0 Å². The molecule has 0 spiro atoms. The number of carbonyl (C=O) groups is 1. The molecule has 1 saturated heterocycles. The summed E-state index contributed by atoms with van der Waals surface area (Å²) in [6.45, 7) is 2.20. The zero-order valence-electron chi connectivity index (χ0n) is 19.1. The fourth-order valence-electron chi connectivity index (χ4n) is 7.06. The predicted octanol–water partition coefficient (Wildman–Crippen LogP) is -2.80. The molecule has 4 aliphatic rings. The molecule has 0 aromatic heterocycles. The first kappa shape index (κ1) is 25.4. The minimum absolute atomic E-state index is 0. The third-order valence-electron chi connectivity index (χ3n) is 8.72. The molecule has 3 aliphatic carbocycles. The molecular formula is C24H31NaO8. The van der Waals surface area contributed by atoms with Crippen LogP contribution in [-0.4, -0.2) is 63.2 Å². The Hall–Kier alpha value is -0.710. The smallest absolute Gasteiger partial charge is 0.547 e. The number of hydrogen-bond acceptors (Lipinski definition) is 8. The van der Waals surface area contributed by atoms with E-state index in [0.717, 1.165) is 38.5 Å². The van der Waals surface area contributed by atoms with Gasteiger partial charge >= 0.3 is 29.6 Å². The third-order valence-corrected chi connectivity index (χ3v) is 8.72. The number of benzene rings is 1. The number of aliphatic carboxylic acids is 1. The largest absolute Gasteiger partial charge is 1.00 e. The number of carboxylic acid groups (broad SMARTS) is 1. The first-order valence-electron chi connectivity index (χ1n) is 11.6. The van der Waals surface area contributed by atoms with Crippen LogP contribution in [0.1, 0.15) is 56.1 Å². The van der Waals surface area contributed by atoms with Crippen LogP contribution in [0.25, 0.3) is 0 Å². The molecule has 1 aliphatic heterocycles. The van der Waals surface area contributed by atoms with Gasteiger partial charge in [-0.3, -0.25) is 0 Å². The van der Waals surface area contributed by atoms with E-state index in [9.17, 15) is 30.3 Å². The number of rotatable bonds is 3. The van der Waals surface area contributed by atoms with Gasteiger partial charge in [0.25, 0.3) is 0 Å². The summed E-state index contributed by atoms with van der Waals surface area (Å²) in [5.74, 6) is 0.0267. The minimum Gasteiger partial charge on any atom is -0.547 e. The summed E-state index contributed by atoms with van der Waals surface area (Å²) in [7, 11) is 0. The van der Waals surface area contributed by atoms with E-state index in [1.807, 2.05) is 6.07 Å². The maximum Gasteiger partial charge on any atom is 1.00 e. The molecule has 1 heterocycles. The number of fused-ring (bicyclic) bond motifs is 5. The summed E-state index contributed by atoms with van der Waals surface area (Å²) >= 11 is 0. The summed E-state index contributed by atoms with van der Waals surface area (Å²) < 4.78 is 11.5.